The number of phenolic OH excluding ortho intramolecular Hbond substituents is 3. The molecule has 1 aliphatic rings. The summed E-state index contributed by atoms with van der Waals surface area (Å²) >= 11 is 0. The number of fused-ring (bicyclic) bond motifs is 2. The molecule has 0 spiro atoms. The number of rotatable bonds is 5. The zero-order valence-corrected chi connectivity index (χ0v) is 16.5. The van der Waals surface area contributed by atoms with E-state index in [9.17, 15) is 25.2 Å². The zero-order chi connectivity index (χ0) is 21.4. The lowest BCUT2D eigenvalue weighted by molar-refractivity contribution is 0.0699. The van der Waals surface area contributed by atoms with Gasteiger partial charge >= 0.3 is 5.97 Å². The molecule has 1 aromatic heterocycles. The summed E-state index contributed by atoms with van der Waals surface area (Å²) in [4.78, 5) is 26.9. The fraction of sp³-hybridized carbons (Fsp3) is 0.333. The van der Waals surface area contributed by atoms with Crippen LogP contribution in [-0.2, 0) is 0 Å². The van der Waals surface area contributed by atoms with Gasteiger partial charge in [-0.3, -0.25) is 4.99 Å². The SMILES string of the molecule is Cc1c(O)c(/C=N/CCN2CCCC2)c2nc3c(O)ccc(C(=O)O)c3nc2c1O. The molecule has 0 unspecified atom stereocenters. The molecule has 156 valence electrons. The third kappa shape index (κ3) is 3.37. The van der Waals surface area contributed by atoms with Crippen molar-refractivity contribution in [1.29, 1.82) is 0 Å². The lowest BCUT2D eigenvalue weighted by Crippen LogP contribution is -2.22. The Morgan fingerprint density at radius 2 is 1.77 bits per heavy atom. The average molecular weight is 410 g/mol. The first-order valence-corrected chi connectivity index (χ1v) is 9.72. The molecule has 4 rings (SSSR count). The molecule has 2 aromatic carbocycles. The van der Waals surface area contributed by atoms with Gasteiger partial charge in [-0.1, -0.05) is 0 Å². The molecule has 0 bridgehead atoms. The van der Waals surface area contributed by atoms with Crippen molar-refractivity contribution in [1.82, 2.24) is 14.9 Å². The Labute approximate surface area is 172 Å². The number of aromatic nitrogens is 2. The molecule has 9 nitrogen and oxygen atoms in total. The maximum absolute atomic E-state index is 11.5. The summed E-state index contributed by atoms with van der Waals surface area (Å²) in [6.07, 6.45) is 3.87. The number of phenols is 3. The molecule has 2 heterocycles. The van der Waals surface area contributed by atoms with Gasteiger partial charge in [-0.05, 0) is 45.0 Å². The second-order valence-corrected chi connectivity index (χ2v) is 7.38. The summed E-state index contributed by atoms with van der Waals surface area (Å²) in [5, 5.41) is 40.7. The largest absolute Gasteiger partial charge is 0.507 e. The van der Waals surface area contributed by atoms with Crippen molar-refractivity contribution in [2.75, 3.05) is 26.2 Å². The number of aromatic hydroxyl groups is 3. The maximum atomic E-state index is 11.5. The van der Waals surface area contributed by atoms with Crippen molar-refractivity contribution < 1.29 is 25.2 Å². The molecule has 4 N–H and O–H groups in total. The highest BCUT2D eigenvalue weighted by Crippen LogP contribution is 2.38. The molecular weight excluding hydrogens is 388 g/mol. The van der Waals surface area contributed by atoms with Crippen LogP contribution in [0.1, 0.15) is 34.3 Å². The molecule has 1 fully saturated rings. The number of carbonyl (C=O) groups is 1. The van der Waals surface area contributed by atoms with E-state index < -0.39 is 5.97 Å². The van der Waals surface area contributed by atoms with Crippen LogP contribution in [0, 0.1) is 6.92 Å². The molecule has 1 aliphatic heterocycles. The first-order valence-electron chi connectivity index (χ1n) is 9.72. The zero-order valence-electron chi connectivity index (χ0n) is 16.5. The van der Waals surface area contributed by atoms with Crippen LogP contribution in [0.2, 0.25) is 0 Å². The lowest BCUT2D eigenvalue weighted by Gasteiger charge is -2.13. The van der Waals surface area contributed by atoms with Gasteiger partial charge in [0.2, 0.25) is 0 Å². The Balaban J connectivity index is 1.85. The fourth-order valence-corrected chi connectivity index (χ4v) is 3.73. The van der Waals surface area contributed by atoms with Crippen molar-refractivity contribution in [2.45, 2.75) is 19.8 Å². The Morgan fingerprint density at radius 1 is 1.07 bits per heavy atom. The normalized spacial score (nSPS) is 15.0. The Hall–Kier alpha value is -3.46. The van der Waals surface area contributed by atoms with Gasteiger partial charge in [-0.15, -0.1) is 0 Å². The quantitative estimate of drug-likeness (QED) is 0.371. The van der Waals surface area contributed by atoms with Gasteiger partial charge in [0.05, 0.1) is 17.7 Å². The standard InChI is InChI=1S/C21H22N4O5/c1-11-19(27)13(10-22-6-9-25-7-2-3-8-25)16-18(20(11)28)24-15-12(21(29)30)4-5-14(26)17(15)23-16/h4-5,10,26-28H,2-3,6-9H2,1H3,(H,29,30)/b22-10+. The average Bonchev–Trinajstić information content (AvgIpc) is 3.24. The van der Waals surface area contributed by atoms with Crippen LogP contribution in [0.5, 0.6) is 17.2 Å². The van der Waals surface area contributed by atoms with E-state index >= 15 is 0 Å². The van der Waals surface area contributed by atoms with E-state index in [4.69, 9.17) is 0 Å². The topological polar surface area (TPSA) is 139 Å². The molecule has 3 aromatic rings. The number of hydrogen-bond donors (Lipinski definition) is 4. The molecule has 0 aliphatic carbocycles. The molecule has 30 heavy (non-hydrogen) atoms. The van der Waals surface area contributed by atoms with Gasteiger partial charge in [-0.25, -0.2) is 14.8 Å². The van der Waals surface area contributed by atoms with E-state index in [0.29, 0.717) is 6.54 Å². The molecular formula is C21H22N4O5. The second kappa shape index (κ2) is 7.75. The lowest BCUT2D eigenvalue weighted by atomic mass is 10.0. The van der Waals surface area contributed by atoms with Gasteiger partial charge in [0.25, 0.3) is 0 Å². The van der Waals surface area contributed by atoms with E-state index in [-0.39, 0.29) is 56.0 Å². The highest BCUT2D eigenvalue weighted by molar-refractivity contribution is 6.08. The van der Waals surface area contributed by atoms with Crippen LogP contribution in [0.4, 0.5) is 0 Å². The molecule has 0 saturated carbocycles. The highest BCUT2D eigenvalue weighted by atomic mass is 16.4. The third-order valence-electron chi connectivity index (χ3n) is 5.44. The number of benzene rings is 2. The highest BCUT2D eigenvalue weighted by Gasteiger charge is 2.21. The third-order valence-corrected chi connectivity index (χ3v) is 5.44. The fourth-order valence-electron chi connectivity index (χ4n) is 3.73. The van der Waals surface area contributed by atoms with Crippen molar-refractivity contribution >= 4 is 34.3 Å². The van der Waals surface area contributed by atoms with Crippen molar-refractivity contribution in [3.63, 3.8) is 0 Å². The van der Waals surface area contributed by atoms with Crippen LogP contribution in [-0.4, -0.2) is 73.7 Å². The van der Waals surface area contributed by atoms with Gasteiger partial charge in [0, 0.05) is 18.3 Å². The summed E-state index contributed by atoms with van der Waals surface area (Å²) in [6.45, 7) is 4.99. The minimum Gasteiger partial charge on any atom is -0.507 e. The van der Waals surface area contributed by atoms with Gasteiger partial charge < -0.3 is 25.3 Å². The van der Waals surface area contributed by atoms with Crippen LogP contribution < -0.4 is 0 Å². The van der Waals surface area contributed by atoms with Gasteiger partial charge in [0.1, 0.15) is 39.3 Å². The Kier molecular flexibility index (Phi) is 5.13. The Bertz CT molecular complexity index is 1190. The van der Waals surface area contributed by atoms with E-state index in [0.717, 1.165) is 19.6 Å². The number of carboxylic acids is 1. The smallest absolute Gasteiger partial charge is 0.337 e. The van der Waals surface area contributed by atoms with Gasteiger partial charge in [-0.2, -0.15) is 0 Å². The second-order valence-electron chi connectivity index (χ2n) is 7.38. The van der Waals surface area contributed by atoms with Crippen LogP contribution in [0.25, 0.3) is 22.1 Å². The van der Waals surface area contributed by atoms with Crippen molar-refractivity contribution in [3.8, 4) is 17.2 Å². The number of carboxylic acid groups (broad SMARTS) is 1. The van der Waals surface area contributed by atoms with Crippen molar-refractivity contribution in [3.05, 3.63) is 28.8 Å². The van der Waals surface area contributed by atoms with E-state index in [2.05, 4.69) is 19.9 Å². The monoisotopic (exact) mass is 410 g/mol. The summed E-state index contributed by atoms with van der Waals surface area (Å²) in [5.74, 6) is -1.97. The minimum atomic E-state index is -1.23. The number of aromatic carboxylic acids is 1. The molecule has 0 amide bonds. The van der Waals surface area contributed by atoms with Crippen molar-refractivity contribution in [2.24, 2.45) is 4.99 Å². The summed E-state index contributed by atoms with van der Waals surface area (Å²) in [7, 11) is 0. The first kappa shape index (κ1) is 19.8. The van der Waals surface area contributed by atoms with E-state index in [1.54, 1.807) is 0 Å². The maximum Gasteiger partial charge on any atom is 0.337 e. The predicted octanol–water partition coefficient (Wildman–Crippen LogP) is 2.42. The molecule has 1 saturated heterocycles. The summed E-state index contributed by atoms with van der Waals surface area (Å²) < 4.78 is 0. The molecule has 9 heteroatoms. The first-order chi connectivity index (χ1) is 14.4. The number of likely N-dealkylation sites (tertiary alicyclic amines) is 1. The summed E-state index contributed by atoms with van der Waals surface area (Å²) in [5.41, 5.74) is 0.385. The van der Waals surface area contributed by atoms with Gasteiger partial charge in [0.15, 0.2) is 0 Å². The predicted molar refractivity (Wildman–Crippen MR) is 112 cm³/mol. The van der Waals surface area contributed by atoms with Crippen LogP contribution >= 0.6 is 0 Å². The van der Waals surface area contributed by atoms with E-state index in [1.807, 2.05) is 0 Å². The number of nitrogens with zero attached hydrogens (tertiary/aromatic N) is 4. The molecule has 0 atom stereocenters. The van der Waals surface area contributed by atoms with Crippen LogP contribution in [0.3, 0.4) is 0 Å². The number of hydrogen-bond acceptors (Lipinski definition) is 8. The molecule has 0 radical (unpaired) electrons. The van der Waals surface area contributed by atoms with Crippen LogP contribution in [0.15, 0.2) is 17.1 Å². The summed E-state index contributed by atoms with van der Waals surface area (Å²) in [6, 6.07) is 2.45. The number of aliphatic imine (C=N–C) groups is 1. The Morgan fingerprint density at radius 3 is 2.47 bits per heavy atom. The van der Waals surface area contributed by atoms with E-state index in [1.165, 1.54) is 38.1 Å². The minimum absolute atomic E-state index is 0.0308.